The number of pyridine rings is 1. The van der Waals surface area contributed by atoms with Crippen LogP contribution in [0.3, 0.4) is 0 Å². The summed E-state index contributed by atoms with van der Waals surface area (Å²) in [6, 6.07) is 18.3. The molecule has 0 saturated carbocycles. The number of nitrogens with one attached hydrogen (secondary N) is 1. The van der Waals surface area contributed by atoms with E-state index in [0.717, 1.165) is 22.3 Å². The van der Waals surface area contributed by atoms with Crippen LogP contribution in [0.15, 0.2) is 79.1 Å². The van der Waals surface area contributed by atoms with Crippen molar-refractivity contribution in [2.75, 3.05) is 5.32 Å². The van der Waals surface area contributed by atoms with Crippen molar-refractivity contribution in [2.45, 2.75) is 6.04 Å². The van der Waals surface area contributed by atoms with Crippen molar-refractivity contribution >= 4 is 22.7 Å². The Hall–Kier alpha value is -3.47. The Morgan fingerprint density at radius 3 is 2.65 bits per heavy atom. The third-order valence-electron chi connectivity index (χ3n) is 4.64. The van der Waals surface area contributed by atoms with Gasteiger partial charge in [-0.2, -0.15) is 0 Å². The van der Waals surface area contributed by atoms with Crippen LogP contribution in [0.1, 0.15) is 17.2 Å². The van der Waals surface area contributed by atoms with Gasteiger partial charge in [-0.05, 0) is 36.4 Å². The first-order chi connectivity index (χ1) is 12.8. The molecule has 3 heterocycles. The molecule has 0 saturated heterocycles. The number of hydrogen-bond donors (Lipinski definition) is 1. The standard InChI is InChI=1S/C21H15FN4/c22-16-8-2-1-7-15(16)20-12-18(14-6-5-11-23-13-14)25-21-24-17-9-3-4-10-19(17)26(20)21/h1-13,20H,(H,24,25). The van der Waals surface area contributed by atoms with E-state index >= 15 is 0 Å². The summed E-state index contributed by atoms with van der Waals surface area (Å²) < 4.78 is 16.6. The molecule has 126 valence electrons. The number of aromatic nitrogens is 3. The quantitative estimate of drug-likeness (QED) is 0.578. The number of anilines is 1. The SMILES string of the molecule is Fc1ccccc1C1C=C(c2cccnc2)Nc2nc3ccccc3n21. The Morgan fingerprint density at radius 2 is 1.81 bits per heavy atom. The summed E-state index contributed by atoms with van der Waals surface area (Å²) >= 11 is 0. The topological polar surface area (TPSA) is 42.7 Å². The molecule has 2 aromatic heterocycles. The fourth-order valence-electron chi connectivity index (χ4n) is 3.44. The molecule has 1 atom stereocenters. The van der Waals surface area contributed by atoms with E-state index in [0.29, 0.717) is 11.5 Å². The van der Waals surface area contributed by atoms with Crippen molar-refractivity contribution in [3.05, 3.63) is 96.1 Å². The number of rotatable bonds is 2. The van der Waals surface area contributed by atoms with Gasteiger partial charge in [-0.15, -0.1) is 0 Å². The molecule has 5 heteroatoms. The predicted molar refractivity (Wildman–Crippen MR) is 100 cm³/mol. The van der Waals surface area contributed by atoms with Crippen LogP contribution >= 0.6 is 0 Å². The second kappa shape index (κ2) is 5.81. The number of hydrogen-bond acceptors (Lipinski definition) is 3. The van der Waals surface area contributed by atoms with Crippen molar-refractivity contribution < 1.29 is 4.39 Å². The molecule has 0 bridgehead atoms. The van der Waals surface area contributed by atoms with Crippen LogP contribution in [0.2, 0.25) is 0 Å². The molecule has 26 heavy (non-hydrogen) atoms. The van der Waals surface area contributed by atoms with E-state index in [2.05, 4.69) is 10.3 Å². The molecule has 1 aliphatic heterocycles. The maximum absolute atomic E-state index is 14.6. The Bertz CT molecular complexity index is 1130. The van der Waals surface area contributed by atoms with Gasteiger partial charge < -0.3 is 5.32 Å². The first-order valence-electron chi connectivity index (χ1n) is 8.42. The predicted octanol–water partition coefficient (Wildman–Crippen LogP) is 4.63. The number of fused-ring (bicyclic) bond motifs is 3. The van der Waals surface area contributed by atoms with Gasteiger partial charge >= 0.3 is 0 Å². The van der Waals surface area contributed by atoms with Crippen molar-refractivity contribution in [1.29, 1.82) is 0 Å². The van der Waals surface area contributed by atoms with Gasteiger partial charge in [0.1, 0.15) is 5.82 Å². The zero-order valence-electron chi connectivity index (χ0n) is 13.8. The molecule has 0 spiro atoms. The lowest BCUT2D eigenvalue weighted by Crippen LogP contribution is -2.20. The highest BCUT2D eigenvalue weighted by Crippen LogP contribution is 2.37. The van der Waals surface area contributed by atoms with E-state index in [4.69, 9.17) is 4.98 Å². The fourth-order valence-corrected chi connectivity index (χ4v) is 3.44. The van der Waals surface area contributed by atoms with Crippen molar-refractivity contribution in [1.82, 2.24) is 14.5 Å². The number of nitrogens with zero attached hydrogens (tertiary/aromatic N) is 3. The van der Waals surface area contributed by atoms with Gasteiger partial charge in [0.15, 0.2) is 0 Å². The highest BCUT2D eigenvalue weighted by atomic mass is 19.1. The summed E-state index contributed by atoms with van der Waals surface area (Å²) in [6.07, 6.45) is 5.54. The van der Waals surface area contributed by atoms with E-state index in [1.807, 2.05) is 59.2 Å². The van der Waals surface area contributed by atoms with Gasteiger partial charge in [-0.3, -0.25) is 9.55 Å². The van der Waals surface area contributed by atoms with Crippen LogP contribution < -0.4 is 5.32 Å². The molecular weight excluding hydrogens is 327 g/mol. The molecule has 1 N–H and O–H groups in total. The number of para-hydroxylation sites is 2. The number of halogens is 1. The molecule has 0 radical (unpaired) electrons. The average molecular weight is 342 g/mol. The minimum atomic E-state index is -0.296. The normalized spacial score (nSPS) is 16.0. The molecule has 5 rings (SSSR count). The second-order valence-corrected chi connectivity index (χ2v) is 6.21. The molecular formula is C21H15FN4. The number of imidazole rings is 1. The van der Waals surface area contributed by atoms with Crippen LogP contribution in [0.4, 0.5) is 10.3 Å². The summed E-state index contributed by atoms with van der Waals surface area (Å²) in [4.78, 5) is 8.89. The Kier molecular flexibility index (Phi) is 3.31. The zero-order chi connectivity index (χ0) is 17.5. The minimum absolute atomic E-state index is 0.232. The van der Waals surface area contributed by atoms with E-state index in [1.54, 1.807) is 18.5 Å². The molecule has 0 amide bonds. The maximum Gasteiger partial charge on any atom is 0.209 e. The van der Waals surface area contributed by atoms with Crippen molar-refractivity contribution in [3.8, 4) is 0 Å². The van der Waals surface area contributed by atoms with Gasteiger partial charge in [0.05, 0.1) is 17.1 Å². The largest absolute Gasteiger partial charge is 0.325 e. The monoisotopic (exact) mass is 342 g/mol. The van der Waals surface area contributed by atoms with E-state index in [9.17, 15) is 4.39 Å². The third kappa shape index (κ3) is 2.29. The highest BCUT2D eigenvalue weighted by Gasteiger charge is 2.26. The molecule has 4 aromatic rings. The van der Waals surface area contributed by atoms with Crippen molar-refractivity contribution in [3.63, 3.8) is 0 Å². The van der Waals surface area contributed by atoms with E-state index < -0.39 is 0 Å². The molecule has 0 aliphatic carbocycles. The fraction of sp³-hybridized carbons (Fsp3) is 0.0476. The maximum atomic E-state index is 14.6. The minimum Gasteiger partial charge on any atom is -0.325 e. The smallest absolute Gasteiger partial charge is 0.209 e. The van der Waals surface area contributed by atoms with Gasteiger partial charge in [-0.25, -0.2) is 9.37 Å². The molecule has 1 unspecified atom stereocenters. The summed E-state index contributed by atoms with van der Waals surface area (Å²) in [5.41, 5.74) is 4.25. The molecule has 2 aromatic carbocycles. The number of allylic oxidation sites excluding steroid dienone is 1. The Balaban J connectivity index is 1.76. The summed E-state index contributed by atoms with van der Waals surface area (Å²) in [7, 11) is 0. The van der Waals surface area contributed by atoms with Gasteiger partial charge in [0.25, 0.3) is 0 Å². The molecule has 1 aliphatic rings. The van der Waals surface area contributed by atoms with E-state index in [-0.39, 0.29) is 11.9 Å². The van der Waals surface area contributed by atoms with Crippen LogP contribution in [-0.4, -0.2) is 14.5 Å². The lowest BCUT2D eigenvalue weighted by atomic mass is 10.0. The van der Waals surface area contributed by atoms with Crippen LogP contribution in [-0.2, 0) is 0 Å². The second-order valence-electron chi connectivity index (χ2n) is 6.21. The average Bonchev–Trinajstić information content (AvgIpc) is 3.07. The van der Waals surface area contributed by atoms with E-state index in [1.165, 1.54) is 6.07 Å². The number of benzene rings is 2. The first-order valence-corrected chi connectivity index (χ1v) is 8.42. The molecule has 0 fully saturated rings. The van der Waals surface area contributed by atoms with Crippen LogP contribution in [0, 0.1) is 5.82 Å². The van der Waals surface area contributed by atoms with Gasteiger partial charge in [-0.1, -0.05) is 30.3 Å². The lowest BCUT2D eigenvalue weighted by Gasteiger charge is -2.26. The first kappa shape index (κ1) is 14.8. The third-order valence-corrected chi connectivity index (χ3v) is 4.64. The van der Waals surface area contributed by atoms with Crippen LogP contribution in [0.25, 0.3) is 16.7 Å². The highest BCUT2D eigenvalue weighted by molar-refractivity contribution is 5.85. The van der Waals surface area contributed by atoms with Gasteiger partial charge in [0.2, 0.25) is 5.95 Å². The Labute approximate surface area is 149 Å². The molecule has 4 nitrogen and oxygen atoms in total. The summed E-state index contributed by atoms with van der Waals surface area (Å²) in [5, 5.41) is 3.37. The van der Waals surface area contributed by atoms with Crippen molar-refractivity contribution in [2.24, 2.45) is 0 Å². The summed E-state index contributed by atoms with van der Waals surface area (Å²) in [6.45, 7) is 0. The Morgan fingerprint density at radius 1 is 0.962 bits per heavy atom. The zero-order valence-corrected chi connectivity index (χ0v) is 13.8. The summed E-state index contributed by atoms with van der Waals surface area (Å²) in [5.74, 6) is 0.464. The van der Waals surface area contributed by atoms with Gasteiger partial charge in [0, 0.05) is 29.2 Å². The van der Waals surface area contributed by atoms with Crippen LogP contribution in [0.5, 0.6) is 0 Å². The lowest BCUT2D eigenvalue weighted by molar-refractivity contribution is 0.583.